The van der Waals surface area contributed by atoms with E-state index in [-0.39, 0.29) is 0 Å². The largest absolute Gasteiger partial charge is 0.493 e. The fraction of sp³-hybridized carbons (Fsp3) is 0.143. The smallest absolute Gasteiger partial charge is 0.124 e. The number of nitrogens with one attached hydrogen (secondary N) is 1. The first-order valence-electron chi connectivity index (χ1n) is 8.26. The first-order valence-corrected chi connectivity index (χ1v) is 9.40. The number of rotatable bonds is 7. The van der Waals surface area contributed by atoms with Crippen LogP contribution in [0.2, 0.25) is 15.1 Å². The fourth-order valence-electron chi connectivity index (χ4n) is 2.56. The van der Waals surface area contributed by atoms with Crippen molar-refractivity contribution in [3.05, 3.63) is 92.9 Å². The molecule has 0 fully saturated rings. The predicted molar refractivity (Wildman–Crippen MR) is 111 cm³/mol. The maximum absolute atomic E-state index is 6.22. The Hall–Kier alpha value is -1.87. The average Bonchev–Trinajstić information content (AvgIpc) is 2.65. The van der Waals surface area contributed by atoms with E-state index in [0.29, 0.717) is 28.2 Å². The van der Waals surface area contributed by atoms with Gasteiger partial charge in [-0.25, -0.2) is 0 Å². The summed E-state index contributed by atoms with van der Waals surface area (Å²) < 4.78 is 5.98. The molecule has 1 N–H and O–H groups in total. The zero-order valence-corrected chi connectivity index (χ0v) is 16.3. The molecule has 0 bridgehead atoms. The van der Waals surface area contributed by atoms with Crippen molar-refractivity contribution < 1.29 is 4.74 Å². The van der Waals surface area contributed by atoms with Gasteiger partial charge in [0.2, 0.25) is 0 Å². The molecule has 0 heterocycles. The van der Waals surface area contributed by atoms with Crippen LogP contribution in [0.3, 0.4) is 0 Å². The van der Waals surface area contributed by atoms with Crippen LogP contribution in [0.25, 0.3) is 0 Å². The quantitative estimate of drug-likeness (QED) is 0.432. The number of anilines is 1. The lowest BCUT2D eigenvalue weighted by atomic mass is 10.1. The summed E-state index contributed by atoms with van der Waals surface area (Å²) in [5, 5.41) is 4.72. The van der Waals surface area contributed by atoms with E-state index in [1.54, 1.807) is 12.1 Å². The summed E-state index contributed by atoms with van der Waals surface area (Å²) in [5.41, 5.74) is 3.04. The van der Waals surface area contributed by atoms with Gasteiger partial charge < -0.3 is 10.1 Å². The van der Waals surface area contributed by atoms with Crippen LogP contribution < -0.4 is 10.1 Å². The van der Waals surface area contributed by atoms with Crippen molar-refractivity contribution in [3.63, 3.8) is 0 Å². The fourth-order valence-corrected chi connectivity index (χ4v) is 3.18. The summed E-state index contributed by atoms with van der Waals surface area (Å²) in [6.07, 6.45) is 0.862. The van der Waals surface area contributed by atoms with Gasteiger partial charge in [-0.15, -0.1) is 0 Å². The van der Waals surface area contributed by atoms with Crippen LogP contribution in [0.4, 0.5) is 5.69 Å². The number of benzene rings is 3. The van der Waals surface area contributed by atoms with Crippen molar-refractivity contribution in [2.75, 3.05) is 11.9 Å². The summed E-state index contributed by atoms with van der Waals surface area (Å²) in [4.78, 5) is 0. The van der Waals surface area contributed by atoms with Crippen molar-refractivity contribution in [2.45, 2.75) is 13.0 Å². The minimum absolute atomic E-state index is 0.437. The summed E-state index contributed by atoms with van der Waals surface area (Å²) in [6.45, 7) is 1.19. The highest BCUT2D eigenvalue weighted by Crippen LogP contribution is 2.33. The van der Waals surface area contributed by atoms with Crippen molar-refractivity contribution in [3.8, 4) is 5.75 Å². The monoisotopic (exact) mass is 405 g/mol. The van der Waals surface area contributed by atoms with Gasteiger partial charge in [0.15, 0.2) is 0 Å². The van der Waals surface area contributed by atoms with Crippen LogP contribution in [-0.4, -0.2) is 6.61 Å². The topological polar surface area (TPSA) is 21.3 Å². The number of halogens is 3. The molecule has 0 spiro atoms. The number of hydrogen-bond donors (Lipinski definition) is 1. The molecule has 0 amide bonds. The molecule has 0 aliphatic heterocycles. The van der Waals surface area contributed by atoms with E-state index in [4.69, 9.17) is 39.5 Å². The molecule has 2 nitrogen and oxygen atoms in total. The van der Waals surface area contributed by atoms with Gasteiger partial charge >= 0.3 is 0 Å². The van der Waals surface area contributed by atoms with E-state index in [2.05, 4.69) is 17.4 Å². The lowest BCUT2D eigenvalue weighted by Crippen LogP contribution is -2.06. The molecule has 3 aromatic rings. The van der Waals surface area contributed by atoms with Crippen LogP contribution >= 0.6 is 34.8 Å². The van der Waals surface area contributed by atoms with Crippen LogP contribution in [0, 0.1) is 0 Å². The molecule has 0 saturated heterocycles. The SMILES string of the molecule is Clc1cc(Cl)c(NCc2ccccc2OCCc2ccccc2)cc1Cl. The Morgan fingerprint density at radius 2 is 1.46 bits per heavy atom. The molecule has 0 radical (unpaired) electrons. The third kappa shape index (κ3) is 5.07. The summed E-state index contributed by atoms with van der Waals surface area (Å²) in [5.74, 6) is 0.854. The van der Waals surface area contributed by atoms with Gasteiger partial charge in [-0.3, -0.25) is 0 Å². The van der Waals surface area contributed by atoms with Crippen molar-refractivity contribution in [1.82, 2.24) is 0 Å². The van der Waals surface area contributed by atoms with E-state index in [0.717, 1.165) is 23.4 Å². The first kappa shape index (κ1) is 18.9. The maximum atomic E-state index is 6.22. The molecule has 3 rings (SSSR count). The van der Waals surface area contributed by atoms with Crippen LogP contribution in [0.15, 0.2) is 66.7 Å². The Balaban J connectivity index is 1.63. The van der Waals surface area contributed by atoms with Gasteiger partial charge in [0.05, 0.1) is 27.4 Å². The minimum atomic E-state index is 0.437. The summed E-state index contributed by atoms with van der Waals surface area (Å²) in [7, 11) is 0. The van der Waals surface area contributed by atoms with Crippen LogP contribution in [0.1, 0.15) is 11.1 Å². The first-order chi connectivity index (χ1) is 12.6. The van der Waals surface area contributed by atoms with Crippen LogP contribution in [-0.2, 0) is 13.0 Å². The molecule has 0 aliphatic rings. The number of para-hydroxylation sites is 1. The Labute approximate surface area is 168 Å². The van der Waals surface area contributed by atoms with E-state index >= 15 is 0 Å². The molecular weight excluding hydrogens is 389 g/mol. The molecule has 0 aromatic heterocycles. The third-order valence-corrected chi connectivity index (χ3v) is 4.98. The molecular formula is C21H18Cl3NO. The molecule has 0 atom stereocenters. The minimum Gasteiger partial charge on any atom is -0.493 e. The van der Waals surface area contributed by atoms with E-state index in [1.165, 1.54) is 5.56 Å². The van der Waals surface area contributed by atoms with Gasteiger partial charge in [0, 0.05) is 18.5 Å². The second-order valence-electron chi connectivity index (χ2n) is 5.79. The lowest BCUT2D eigenvalue weighted by molar-refractivity contribution is 0.319. The number of ether oxygens (including phenoxy) is 1. The van der Waals surface area contributed by atoms with Crippen molar-refractivity contribution in [2.24, 2.45) is 0 Å². The molecule has 3 aromatic carbocycles. The summed E-state index contributed by atoms with van der Waals surface area (Å²) in [6, 6.07) is 21.6. The molecule has 26 heavy (non-hydrogen) atoms. The Bertz CT molecular complexity index is 868. The second-order valence-corrected chi connectivity index (χ2v) is 7.01. The van der Waals surface area contributed by atoms with Crippen molar-refractivity contribution in [1.29, 1.82) is 0 Å². The second kappa shape index (κ2) is 9.18. The van der Waals surface area contributed by atoms with Crippen LogP contribution in [0.5, 0.6) is 5.75 Å². The van der Waals surface area contributed by atoms with Gasteiger partial charge in [-0.05, 0) is 23.8 Å². The average molecular weight is 407 g/mol. The normalized spacial score (nSPS) is 10.6. The third-order valence-electron chi connectivity index (χ3n) is 3.94. The predicted octanol–water partition coefficient (Wildman–Crippen LogP) is 6.88. The highest BCUT2D eigenvalue weighted by Gasteiger charge is 2.08. The van der Waals surface area contributed by atoms with Gasteiger partial charge in [0.1, 0.15) is 5.75 Å². The highest BCUT2D eigenvalue weighted by molar-refractivity contribution is 6.44. The van der Waals surface area contributed by atoms with Crippen molar-refractivity contribution >= 4 is 40.5 Å². The van der Waals surface area contributed by atoms with Gasteiger partial charge in [-0.2, -0.15) is 0 Å². The van der Waals surface area contributed by atoms with Gasteiger partial charge in [0.25, 0.3) is 0 Å². The Kier molecular flexibility index (Phi) is 6.67. The molecule has 134 valence electrons. The zero-order chi connectivity index (χ0) is 18.4. The summed E-state index contributed by atoms with van der Waals surface area (Å²) >= 11 is 18.3. The number of hydrogen-bond acceptors (Lipinski definition) is 2. The highest BCUT2D eigenvalue weighted by atomic mass is 35.5. The Morgan fingerprint density at radius 1 is 0.769 bits per heavy atom. The van der Waals surface area contributed by atoms with E-state index < -0.39 is 0 Å². The standard InChI is InChI=1S/C21H18Cl3NO/c22-17-12-19(24)20(13-18(17)23)25-14-16-8-4-5-9-21(16)26-11-10-15-6-2-1-3-7-15/h1-9,12-13,25H,10-11,14H2. The maximum Gasteiger partial charge on any atom is 0.124 e. The molecule has 0 unspecified atom stereocenters. The molecule has 5 heteroatoms. The Morgan fingerprint density at radius 3 is 2.27 bits per heavy atom. The van der Waals surface area contributed by atoms with E-state index in [9.17, 15) is 0 Å². The lowest BCUT2D eigenvalue weighted by Gasteiger charge is -2.14. The molecule has 0 aliphatic carbocycles. The van der Waals surface area contributed by atoms with Gasteiger partial charge in [-0.1, -0.05) is 83.3 Å². The van der Waals surface area contributed by atoms with E-state index in [1.807, 2.05) is 42.5 Å². The molecule has 0 saturated carbocycles. The zero-order valence-electron chi connectivity index (χ0n) is 14.0.